The molecular weight excluding hydrogens is 304 g/mol. The molecule has 0 aromatic carbocycles. The van der Waals surface area contributed by atoms with E-state index in [2.05, 4.69) is 38.7 Å². The molecular formula is C17H30N6O. The second kappa shape index (κ2) is 8.70. The maximum absolute atomic E-state index is 11.6. The first kappa shape index (κ1) is 18.3. The fourth-order valence-corrected chi connectivity index (χ4v) is 2.85. The van der Waals surface area contributed by atoms with Gasteiger partial charge in [-0.05, 0) is 18.9 Å². The maximum Gasteiger partial charge on any atom is 0.222 e. The standard InChI is InChI=1S/C17H30N6O/c1-5-18-17(20-8-7-19-16(24)13(2)3)23-9-6-14(12-23)15-10-21-22(4)11-15/h10-11,13-14H,5-9,12H2,1-4H3,(H,18,20)(H,19,24). The molecule has 0 bridgehead atoms. The van der Waals surface area contributed by atoms with Crippen LogP contribution >= 0.6 is 0 Å². The summed E-state index contributed by atoms with van der Waals surface area (Å²) in [5.41, 5.74) is 1.29. The number of hydrogen-bond acceptors (Lipinski definition) is 3. The van der Waals surface area contributed by atoms with Gasteiger partial charge < -0.3 is 15.5 Å². The van der Waals surface area contributed by atoms with Crippen LogP contribution in [0.4, 0.5) is 0 Å². The first-order valence-electron chi connectivity index (χ1n) is 8.80. The molecule has 1 atom stereocenters. The van der Waals surface area contributed by atoms with E-state index >= 15 is 0 Å². The molecule has 1 saturated heterocycles. The number of aryl methyl sites for hydroxylation is 1. The van der Waals surface area contributed by atoms with Gasteiger partial charge in [0.05, 0.1) is 12.7 Å². The number of carbonyl (C=O) groups is 1. The van der Waals surface area contributed by atoms with Crippen LogP contribution in [0.5, 0.6) is 0 Å². The van der Waals surface area contributed by atoms with E-state index in [0.29, 0.717) is 19.0 Å². The third-order valence-corrected chi connectivity index (χ3v) is 4.22. The highest BCUT2D eigenvalue weighted by Crippen LogP contribution is 2.26. The maximum atomic E-state index is 11.6. The highest BCUT2D eigenvalue weighted by atomic mass is 16.1. The van der Waals surface area contributed by atoms with Gasteiger partial charge in [0.15, 0.2) is 5.96 Å². The van der Waals surface area contributed by atoms with Crippen molar-refractivity contribution in [2.75, 3.05) is 32.7 Å². The van der Waals surface area contributed by atoms with Crippen molar-refractivity contribution in [3.05, 3.63) is 18.0 Å². The Labute approximate surface area is 144 Å². The van der Waals surface area contributed by atoms with Crippen molar-refractivity contribution in [2.45, 2.75) is 33.1 Å². The minimum absolute atomic E-state index is 0.0149. The van der Waals surface area contributed by atoms with E-state index in [-0.39, 0.29) is 11.8 Å². The zero-order valence-corrected chi connectivity index (χ0v) is 15.2. The molecule has 7 heteroatoms. The Morgan fingerprint density at radius 3 is 2.88 bits per heavy atom. The van der Waals surface area contributed by atoms with Gasteiger partial charge >= 0.3 is 0 Å². The van der Waals surface area contributed by atoms with Crippen molar-refractivity contribution in [3.63, 3.8) is 0 Å². The minimum atomic E-state index is 0.0149. The van der Waals surface area contributed by atoms with Crippen molar-refractivity contribution in [2.24, 2.45) is 18.0 Å². The van der Waals surface area contributed by atoms with Crippen LogP contribution in [-0.4, -0.2) is 59.3 Å². The number of nitrogens with one attached hydrogen (secondary N) is 2. The number of aromatic nitrogens is 2. The van der Waals surface area contributed by atoms with Gasteiger partial charge in [0, 0.05) is 51.3 Å². The molecule has 1 aliphatic heterocycles. The summed E-state index contributed by atoms with van der Waals surface area (Å²) >= 11 is 0. The lowest BCUT2D eigenvalue weighted by molar-refractivity contribution is -0.123. The molecule has 0 saturated carbocycles. The van der Waals surface area contributed by atoms with Gasteiger partial charge in [-0.2, -0.15) is 5.10 Å². The SMILES string of the molecule is CCNC(=NCCNC(=O)C(C)C)N1CCC(c2cnn(C)c2)C1. The molecule has 1 aromatic rings. The van der Waals surface area contributed by atoms with Gasteiger partial charge in [-0.25, -0.2) is 0 Å². The van der Waals surface area contributed by atoms with Crippen LogP contribution in [0.2, 0.25) is 0 Å². The van der Waals surface area contributed by atoms with E-state index in [9.17, 15) is 4.79 Å². The minimum Gasteiger partial charge on any atom is -0.357 e. The van der Waals surface area contributed by atoms with E-state index < -0.39 is 0 Å². The average molecular weight is 334 g/mol. The van der Waals surface area contributed by atoms with Gasteiger partial charge in [-0.1, -0.05) is 13.8 Å². The number of hydrogen-bond donors (Lipinski definition) is 2. The Balaban J connectivity index is 1.88. The number of nitrogens with zero attached hydrogens (tertiary/aromatic N) is 4. The second-order valence-corrected chi connectivity index (χ2v) is 6.56. The second-order valence-electron chi connectivity index (χ2n) is 6.56. The first-order chi connectivity index (χ1) is 11.5. The lowest BCUT2D eigenvalue weighted by atomic mass is 10.0. The van der Waals surface area contributed by atoms with E-state index in [0.717, 1.165) is 32.0 Å². The Kier molecular flexibility index (Phi) is 6.63. The van der Waals surface area contributed by atoms with Crippen molar-refractivity contribution in [1.29, 1.82) is 0 Å². The predicted octanol–water partition coefficient (Wildman–Crippen LogP) is 0.947. The first-order valence-corrected chi connectivity index (χ1v) is 8.80. The molecule has 0 spiro atoms. The molecule has 134 valence electrons. The molecule has 2 rings (SSSR count). The zero-order valence-electron chi connectivity index (χ0n) is 15.2. The van der Waals surface area contributed by atoms with Crippen LogP contribution in [-0.2, 0) is 11.8 Å². The van der Waals surface area contributed by atoms with Crippen LogP contribution in [0.3, 0.4) is 0 Å². The Bertz CT molecular complexity index is 565. The molecule has 1 unspecified atom stereocenters. The third-order valence-electron chi connectivity index (χ3n) is 4.22. The molecule has 24 heavy (non-hydrogen) atoms. The van der Waals surface area contributed by atoms with Crippen molar-refractivity contribution >= 4 is 11.9 Å². The summed E-state index contributed by atoms with van der Waals surface area (Å²) in [5, 5.41) is 10.5. The monoisotopic (exact) mass is 334 g/mol. The summed E-state index contributed by atoms with van der Waals surface area (Å²) in [7, 11) is 1.95. The van der Waals surface area contributed by atoms with E-state index in [1.54, 1.807) is 0 Å². The van der Waals surface area contributed by atoms with Crippen molar-refractivity contribution < 1.29 is 4.79 Å². The fourth-order valence-electron chi connectivity index (χ4n) is 2.85. The van der Waals surface area contributed by atoms with E-state index in [4.69, 9.17) is 0 Å². The largest absolute Gasteiger partial charge is 0.357 e. The molecule has 0 aliphatic carbocycles. The average Bonchev–Trinajstić information content (AvgIpc) is 3.18. The highest BCUT2D eigenvalue weighted by Gasteiger charge is 2.26. The Morgan fingerprint density at radius 1 is 1.46 bits per heavy atom. The fraction of sp³-hybridized carbons (Fsp3) is 0.706. The molecule has 2 N–H and O–H groups in total. The summed E-state index contributed by atoms with van der Waals surface area (Å²) in [6, 6.07) is 0. The van der Waals surface area contributed by atoms with E-state index in [1.165, 1.54) is 5.56 Å². The number of guanidine groups is 1. The number of likely N-dealkylation sites (tertiary alicyclic amines) is 1. The van der Waals surface area contributed by atoms with Crippen LogP contribution in [0.1, 0.15) is 38.7 Å². The number of amides is 1. The topological polar surface area (TPSA) is 74.6 Å². The Hall–Kier alpha value is -2.05. The van der Waals surface area contributed by atoms with Gasteiger partial charge in [-0.15, -0.1) is 0 Å². The number of carbonyl (C=O) groups excluding carboxylic acids is 1. The van der Waals surface area contributed by atoms with Gasteiger partial charge in [-0.3, -0.25) is 14.5 Å². The lowest BCUT2D eigenvalue weighted by Crippen LogP contribution is -2.40. The quantitative estimate of drug-likeness (QED) is 0.461. The van der Waals surface area contributed by atoms with Crippen LogP contribution < -0.4 is 10.6 Å². The lowest BCUT2D eigenvalue weighted by Gasteiger charge is -2.21. The van der Waals surface area contributed by atoms with Crippen LogP contribution in [0, 0.1) is 5.92 Å². The molecule has 2 heterocycles. The summed E-state index contributed by atoms with van der Waals surface area (Å²) < 4.78 is 1.86. The smallest absolute Gasteiger partial charge is 0.222 e. The zero-order chi connectivity index (χ0) is 17.5. The molecule has 1 aromatic heterocycles. The molecule has 0 radical (unpaired) electrons. The predicted molar refractivity (Wildman–Crippen MR) is 96.0 cm³/mol. The van der Waals surface area contributed by atoms with Crippen LogP contribution in [0.25, 0.3) is 0 Å². The summed E-state index contributed by atoms with van der Waals surface area (Å²) in [6.07, 6.45) is 5.17. The van der Waals surface area contributed by atoms with Gasteiger partial charge in [0.1, 0.15) is 0 Å². The van der Waals surface area contributed by atoms with E-state index in [1.807, 2.05) is 31.8 Å². The summed E-state index contributed by atoms with van der Waals surface area (Å²) in [6.45, 7) is 9.81. The highest BCUT2D eigenvalue weighted by molar-refractivity contribution is 5.80. The Morgan fingerprint density at radius 2 is 2.25 bits per heavy atom. The number of aliphatic imine (C=N–C) groups is 1. The molecule has 1 amide bonds. The normalized spacial score (nSPS) is 18.3. The van der Waals surface area contributed by atoms with Crippen molar-refractivity contribution in [1.82, 2.24) is 25.3 Å². The number of rotatable bonds is 6. The van der Waals surface area contributed by atoms with Crippen molar-refractivity contribution in [3.8, 4) is 0 Å². The molecule has 1 aliphatic rings. The van der Waals surface area contributed by atoms with Gasteiger partial charge in [0.2, 0.25) is 5.91 Å². The molecule has 1 fully saturated rings. The van der Waals surface area contributed by atoms with Crippen LogP contribution in [0.15, 0.2) is 17.4 Å². The summed E-state index contributed by atoms with van der Waals surface area (Å²) in [5.74, 6) is 1.53. The summed E-state index contributed by atoms with van der Waals surface area (Å²) in [4.78, 5) is 18.5. The third kappa shape index (κ3) is 4.97. The molecule has 7 nitrogen and oxygen atoms in total. The van der Waals surface area contributed by atoms with Gasteiger partial charge in [0.25, 0.3) is 0 Å².